The molecule has 0 saturated heterocycles. The minimum atomic E-state index is -0.936. The fourth-order valence-corrected chi connectivity index (χ4v) is 1.96. The van der Waals surface area contributed by atoms with Gasteiger partial charge in [-0.15, -0.1) is 5.06 Å². The van der Waals surface area contributed by atoms with E-state index in [1.54, 1.807) is 0 Å². The summed E-state index contributed by atoms with van der Waals surface area (Å²) in [7, 11) is 0. The maximum absolute atomic E-state index is 13.6. The molecule has 0 fully saturated rings. The van der Waals surface area contributed by atoms with Gasteiger partial charge in [-0.05, 0) is 12.1 Å². The second-order valence-corrected chi connectivity index (χ2v) is 3.91. The van der Waals surface area contributed by atoms with Gasteiger partial charge in [0.1, 0.15) is 30.6 Å². The third kappa shape index (κ3) is 2.25. The molecule has 0 bridgehead atoms. The van der Waals surface area contributed by atoms with Crippen molar-refractivity contribution in [2.24, 2.45) is 0 Å². The van der Waals surface area contributed by atoms with E-state index in [4.69, 9.17) is 16.4 Å². The summed E-state index contributed by atoms with van der Waals surface area (Å²) >= 11 is 5.83. The monoisotopic (exact) mass is 263 g/mol. The van der Waals surface area contributed by atoms with Gasteiger partial charge in [0.05, 0.1) is 11.6 Å². The molecule has 0 saturated carbocycles. The Kier molecular flexibility index (Phi) is 3.59. The lowest BCUT2D eigenvalue weighted by Crippen LogP contribution is -2.27. The molecule has 0 amide bonds. The fraction of sp³-hybridized carbons (Fsp3) is 0.273. The van der Waals surface area contributed by atoms with E-state index in [0.29, 0.717) is 0 Å². The van der Waals surface area contributed by atoms with Crippen LogP contribution >= 0.6 is 11.6 Å². The quantitative estimate of drug-likeness (QED) is 0.830. The molecule has 0 spiro atoms. The van der Waals surface area contributed by atoms with Crippen LogP contribution in [0.2, 0.25) is 0 Å². The molecule has 0 aliphatic carbocycles. The SMILES string of the molecule is FCCN1OC=C(Cl)C1c1c(F)cccc1F. The molecular weight excluding hydrogens is 255 g/mol. The van der Waals surface area contributed by atoms with Gasteiger partial charge in [0.2, 0.25) is 0 Å². The van der Waals surface area contributed by atoms with Gasteiger partial charge in [-0.25, -0.2) is 13.2 Å². The minimum absolute atomic E-state index is 0.113. The molecule has 1 aliphatic heterocycles. The van der Waals surface area contributed by atoms with E-state index in [0.717, 1.165) is 23.5 Å². The van der Waals surface area contributed by atoms with Crippen molar-refractivity contribution in [2.75, 3.05) is 13.2 Å². The van der Waals surface area contributed by atoms with E-state index in [-0.39, 0.29) is 17.1 Å². The molecule has 1 atom stereocenters. The second kappa shape index (κ2) is 4.98. The number of nitrogens with zero attached hydrogens (tertiary/aromatic N) is 1. The Balaban J connectivity index is 2.40. The molecule has 2 rings (SSSR count). The van der Waals surface area contributed by atoms with Gasteiger partial charge in [0.15, 0.2) is 0 Å². The Labute approximate surface area is 101 Å². The molecule has 1 aliphatic rings. The Morgan fingerprint density at radius 1 is 1.29 bits per heavy atom. The topological polar surface area (TPSA) is 12.5 Å². The Morgan fingerprint density at radius 3 is 2.53 bits per heavy atom. The first-order chi connectivity index (χ1) is 8.15. The molecule has 1 aromatic rings. The first kappa shape index (κ1) is 12.3. The van der Waals surface area contributed by atoms with E-state index in [1.165, 1.54) is 6.07 Å². The molecule has 1 aromatic carbocycles. The van der Waals surface area contributed by atoms with Gasteiger partial charge in [-0.2, -0.15) is 0 Å². The van der Waals surface area contributed by atoms with Crippen LogP contribution in [-0.2, 0) is 4.84 Å². The average Bonchev–Trinajstić information content (AvgIpc) is 2.62. The molecule has 0 radical (unpaired) electrons. The summed E-state index contributed by atoms with van der Waals surface area (Å²) in [6, 6.07) is 2.55. The van der Waals surface area contributed by atoms with Gasteiger partial charge in [0, 0.05) is 5.56 Å². The van der Waals surface area contributed by atoms with E-state index in [1.807, 2.05) is 0 Å². The molecule has 1 unspecified atom stereocenters. The average molecular weight is 264 g/mol. The first-order valence-electron chi connectivity index (χ1n) is 4.94. The molecule has 17 heavy (non-hydrogen) atoms. The molecule has 0 N–H and O–H groups in total. The van der Waals surface area contributed by atoms with Crippen LogP contribution in [0.3, 0.4) is 0 Å². The van der Waals surface area contributed by atoms with Crippen LogP contribution in [0.5, 0.6) is 0 Å². The van der Waals surface area contributed by atoms with E-state index >= 15 is 0 Å². The maximum Gasteiger partial charge on any atom is 0.131 e. The maximum atomic E-state index is 13.6. The number of hydrogen-bond acceptors (Lipinski definition) is 2. The van der Waals surface area contributed by atoms with Crippen molar-refractivity contribution < 1.29 is 18.0 Å². The highest BCUT2D eigenvalue weighted by Crippen LogP contribution is 2.38. The van der Waals surface area contributed by atoms with Crippen molar-refractivity contribution in [3.8, 4) is 0 Å². The molecule has 2 nitrogen and oxygen atoms in total. The summed E-state index contributed by atoms with van der Waals surface area (Å²) in [5.74, 6) is -1.48. The lowest BCUT2D eigenvalue weighted by molar-refractivity contribution is -0.109. The van der Waals surface area contributed by atoms with Gasteiger partial charge in [0.25, 0.3) is 0 Å². The summed E-state index contributed by atoms with van der Waals surface area (Å²) in [4.78, 5) is 4.95. The zero-order valence-corrected chi connectivity index (χ0v) is 9.42. The van der Waals surface area contributed by atoms with Crippen molar-refractivity contribution >= 4 is 11.6 Å². The molecular formula is C11H9ClF3NO. The predicted molar refractivity (Wildman–Crippen MR) is 56.8 cm³/mol. The molecule has 0 aromatic heterocycles. The van der Waals surface area contributed by atoms with E-state index < -0.39 is 24.4 Å². The van der Waals surface area contributed by atoms with Crippen LogP contribution in [0.25, 0.3) is 0 Å². The number of benzene rings is 1. The minimum Gasteiger partial charge on any atom is -0.411 e. The van der Waals surface area contributed by atoms with Crippen molar-refractivity contribution in [1.82, 2.24) is 5.06 Å². The largest absolute Gasteiger partial charge is 0.411 e. The van der Waals surface area contributed by atoms with Crippen molar-refractivity contribution in [3.63, 3.8) is 0 Å². The smallest absolute Gasteiger partial charge is 0.131 e. The van der Waals surface area contributed by atoms with Crippen LogP contribution in [0.15, 0.2) is 29.5 Å². The molecule has 92 valence electrons. The summed E-state index contributed by atoms with van der Waals surface area (Å²) in [6.45, 7) is -0.824. The Hall–Kier alpha value is -1.20. The standard InChI is InChI=1S/C11H9ClF3NO/c12-7-6-17-16(5-4-13)11(7)10-8(14)2-1-3-9(10)15/h1-3,6,11H,4-5H2. The first-order valence-corrected chi connectivity index (χ1v) is 5.31. The summed E-state index contributed by atoms with van der Waals surface area (Å²) in [6.07, 6.45) is 1.15. The normalized spacial score (nSPS) is 20.2. The van der Waals surface area contributed by atoms with Gasteiger partial charge in [-0.1, -0.05) is 17.7 Å². The summed E-state index contributed by atoms with van der Waals surface area (Å²) in [5, 5.41) is 1.21. The number of hydroxylamine groups is 2. The third-order valence-corrected chi connectivity index (χ3v) is 2.72. The van der Waals surface area contributed by atoms with Crippen LogP contribution in [-0.4, -0.2) is 18.3 Å². The van der Waals surface area contributed by atoms with Gasteiger partial charge < -0.3 is 4.84 Å². The summed E-state index contributed by atoms with van der Waals surface area (Å²) < 4.78 is 39.5. The Morgan fingerprint density at radius 2 is 1.94 bits per heavy atom. The fourth-order valence-electron chi connectivity index (χ4n) is 1.70. The van der Waals surface area contributed by atoms with Crippen LogP contribution in [0.4, 0.5) is 13.2 Å². The molecule has 1 heterocycles. The van der Waals surface area contributed by atoms with E-state index in [9.17, 15) is 13.2 Å². The second-order valence-electron chi connectivity index (χ2n) is 3.48. The van der Waals surface area contributed by atoms with Crippen molar-refractivity contribution in [2.45, 2.75) is 6.04 Å². The number of hydrogen-bond donors (Lipinski definition) is 0. The predicted octanol–water partition coefficient (Wildman–Crippen LogP) is 3.30. The number of halogens is 4. The van der Waals surface area contributed by atoms with Crippen LogP contribution < -0.4 is 0 Å². The van der Waals surface area contributed by atoms with Crippen LogP contribution in [0.1, 0.15) is 11.6 Å². The van der Waals surface area contributed by atoms with Crippen molar-refractivity contribution in [1.29, 1.82) is 0 Å². The van der Waals surface area contributed by atoms with Gasteiger partial charge in [-0.3, -0.25) is 0 Å². The number of rotatable bonds is 3. The number of alkyl halides is 1. The third-order valence-electron chi connectivity index (χ3n) is 2.43. The van der Waals surface area contributed by atoms with Crippen LogP contribution in [0, 0.1) is 11.6 Å². The zero-order valence-electron chi connectivity index (χ0n) is 8.67. The Bertz CT molecular complexity index is 432. The van der Waals surface area contributed by atoms with E-state index in [2.05, 4.69) is 0 Å². The van der Waals surface area contributed by atoms with Gasteiger partial charge >= 0.3 is 0 Å². The highest BCUT2D eigenvalue weighted by atomic mass is 35.5. The highest BCUT2D eigenvalue weighted by Gasteiger charge is 2.34. The lowest BCUT2D eigenvalue weighted by atomic mass is 10.1. The zero-order chi connectivity index (χ0) is 12.4. The van der Waals surface area contributed by atoms with Crippen molar-refractivity contribution in [3.05, 3.63) is 46.7 Å². The molecule has 6 heteroatoms. The lowest BCUT2D eigenvalue weighted by Gasteiger charge is -2.22. The summed E-state index contributed by atoms with van der Waals surface area (Å²) in [5.41, 5.74) is -0.236. The highest BCUT2D eigenvalue weighted by molar-refractivity contribution is 6.30.